The van der Waals surface area contributed by atoms with Crippen LogP contribution < -0.4 is 0 Å². The van der Waals surface area contributed by atoms with Crippen molar-refractivity contribution in [3.05, 3.63) is 41.2 Å². The maximum absolute atomic E-state index is 12.5. The zero-order valence-corrected chi connectivity index (χ0v) is 13.4. The van der Waals surface area contributed by atoms with Crippen LogP contribution in [0.2, 0.25) is 5.02 Å². The molecule has 0 aliphatic carbocycles. The molecular weight excluding hydrogens is 318 g/mol. The predicted molar refractivity (Wildman–Crippen MR) is 85.8 cm³/mol. The molecular formula is C15H18ClN5O2. The van der Waals surface area contributed by atoms with E-state index in [0.29, 0.717) is 36.0 Å². The number of aromatic nitrogens is 3. The molecule has 1 fully saturated rings. The van der Waals surface area contributed by atoms with Crippen LogP contribution in [0.15, 0.2) is 30.5 Å². The minimum Gasteiger partial charge on any atom is -0.395 e. The monoisotopic (exact) mass is 335 g/mol. The fourth-order valence-corrected chi connectivity index (χ4v) is 2.82. The number of hydrogen-bond acceptors (Lipinski definition) is 5. The molecule has 0 radical (unpaired) electrons. The lowest BCUT2D eigenvalue weighted by Gasteiger charge is -2.33. The van der Waals surface area contributed by atoms with Gasteiger partial charge < -0.3 is 10.0 Å². The van der Waals surface area contributed by atoms with Crippen LogP contribution in [-0.2, 0) is 0 Å². The molecule has 2 aromatic rings. The van der Waals surface area contributed by atoms with Gasteiger partial charge in [-0.2, -0.15) is 0 Å². The molecule has 3 rings (SSSR count). The Morgan fingerprint density at radius 1 is 1.22 bits per heavy atom. The van der Waals surface area contributed by atoms with Crippen LogP contribution in [0.3, 0.4) is 0 Å². The summed E-state index contributed by atoms with van der Waals surface area (Å²) in [5.41, 5.74) is 0.994. The number of benzene rings is 1. The van der Waals surface area contributed by atoms with E-state index in [-0.39, 0.29) is 12.5 Å². The lowest BCUT2D eigenvalue weighted by atomic mass is 10.3. The Bertz CT molecular complexity index is 682. The smallest absolute Gasteiger partial charge is 0.276 e. The molecule has 1 aromatic heterocycles. The number of amides is 1. The van der Waals surface area contributed by atoms with Crippen molar-refractivity contribution in [3.63, 3.8) is 0 Å². The standard InChI is InChI=1S/C15H18ClN5O2/c16-12-3-1-2-4-14(12)21-11-13(17-18-21)15(23)20-7-5-19(6-8-20)9-10-22/h1-4,11,22H,5-10H2. The predicted octanol–water partition coefficient (Wildman–Crippen LogP) is 0.671. The van der Waals surface area contributed by atoms with Gasteiger partial charge in [0.2, 0.25) is 0 Å². The second-order valence-corrected chi connectivity index (χ2v) is 5.76. The maximum Gasteiger partial charge on any atom is 0.276 e. The number of aliphatic hydroxyl groups excluding tert-OH is 1. The van der Waals surface area contributed by atoms with Crippen molar-refractivity contribution in [2.45, 2.75) is 0 Å². The number of rotatable bonds is 4. The third kappa shape index (κ3) is 3.52. The van der Waals surface area contributed by atoms with Crippen molar-refractivity contribution in [1.82, 2.24) is 24.8 Å². The number of carbonyl (C=O) groups is 1. The first-order valence-electron chi connectivity index (χ1n) is 7.49. The quantitative estimate of drug-likeness (QED) is 0.889. The van der Waals surface area contributed by atoms with Gasteiger partial charge in [0.15, 0.2) is 5.69 Å². The molecule has 1 amide bonds. The molecule has 23 heavy (non-hydrogen) atoms. The normalized spacial score (nSPS) is 15.8. The van der Waals surface area contributed by atoms with Crippen LogP contribution in [0.4, 0.5) is 0 Å². The molecule has 7 nitrogen and oxygen atoms in total. The van der Waals surface area contributed by atoms with E-state index in [4.69, 9.17) is 16.7 Å². The second kappa shape index (κ2) is 7.08. The molecule has 0 atom stereocenters. The first-order valence-corrected chi connectivity index (χ1v) is 7.86. The van der Waals surface area contributed by atoms with Crippen LogP contribution in [-0.4, -0.2) is 75.1 Å². The number of hydrogen-bond donors (Lipinski definition) is 1. The van der Waals surface area contributed by atoms with Gasteiger partial charge in [0.25, 0.3) is 5.91 Å². The zero-order valence-electron chi connectivity index (χ0n) is 12.6. The van der Waals surface area contributed by atoms with Gasteiger partial charge in [-0.05, 0) is 12.1 Å². The molecule has 1 aliphatic heterocycles. The van der Waals surface area contributed by atoms with E-state index >= 15 is 0 Å². The van der Waals surface area contributed by atoms with Crippen LogP contribution in [0.25, 0.3) is 5.69 Å². The minimum absolute atomic E-state index is 0.132. The van der Waals surface area contributed by atoms with Gasteiger partial charge in [-0.25, -0.2) is 4.68 Å². The van der Waals surface area contributed by atoms with Crippen molar-refractivity contribution in [1.29, 1.82) is 0 Å². The highest BCUT2D eigenvalue weighted by Crippen LogP contribution is 2.19. The SMILES string of the molecule is O=C(c1cn(-c2ccccc2Cl)nn1)N1CCN(CCO)CC1. The first kappa shape index (κ1) is 15.9. The summed E-state index contributed by atoms with van der Waals surface area (Å²) in [4.78, 5) is 16.4. The Hall–Kier alpha value is -1.96. The number of β-amino-alcohol motifs (C(OH)–C–C–N with tert-alkyl or cyclic N) is 1. The van der Waals surface area contributed by atoms with E-state index < -0.39 is 0 Å². The molecule has 8 heteroatoms. The van der Waals surface area contributed by atoms with Gasteiger partial charge in [0, 0.05) is 32.7 Å². The van der Waals surface area contributed by atoms with Gasteiger partial charge >= 0.3 is 0 Å². The van der Waals surface area contributed by atoms with Crippen molar-refractivity contribution < 1.29 is 9.90 Å². The number of nitrogens with zero attached hydrogens (tertiary/aromatic N) is 5. The van der Waals surface area contributed by atoms with E-state index in [1.807, 2.05) is 18.2 Å². The highest BCUT2D eigenvalue weighted by atomic mass is 35.5. The van der Waals surface area contributed by atoms with Crippen molar-refractivity contribution in [3.8, 4) is 5.69 Å². The Morgan fingerprint density at radius 2 is 1.96 bits per heavy atom. The van der Waals surface area contributed by atoms with Crippen LogP contribution in [0, 0.1) is 0 Å². The summed E-state index contributed by atoms with van der Waals surface area (Å²) in [5.74, 6) is -0.132. The fourth-order valence-electron chi connectivity index (χ4n) is 2.60. The number of aliphatic hydroxyl groups is 1. The number of para-hydroxylation sites is 1. The molecule has 1 aliphatic rings. The van der Waals surface area contributed by atoms with Gasteiger partial charge in [0.05, 0.1) is 23.5 Å². The molecule has 1 aromatic carbocycles. The summed E-state index contributed by atoms with van der Waals surface area (Å²) >= 11 is 6.13. The van der Waals surface area contributed by atoms with Gasteiger partial charge in [-0.15, -0.1) is 5.10 Å². The maximum atomic E-state index is 12.5. The fraction of sp³-hybridized carbons (Fsp3) is 0.400. The van der Waals surface area contributed by atoms with E-state index in [2.05, 4.69) is 15.2 Å². The van der Waals surface area contributed by atoms with Gasteiger partial charge in [-0.1, -0.05) is 28.9 Å². The molecule has 0 unspecified atom stereocenters. The van der Waals surface area contributed by atoms with Crippen molar-refractivity contribution in [2.75, 3.05) is 39.3 Å². The number of carbonyl (C=O) groups excluding carboxylic acids is 1. The van der Waals surface area contributed by atoms with Gasteiger partial charge in [-0.3, -0.25) is 9.69 Å². The molecule has 122 valence electrons. The highest BCUT2D eigenvalue weighted by Gasteiger charge is 2.24. The van der Waals surface area contributed by atoms with E-state index in [9.17, 15) is 4.79 Å². The van der Waals surface area contributed by atoms with Crippen molar-refractivity contribution in [2.24, 2.45) is 0 Å². The Morgan fingerprint density at radius 3 is 2.65 bits per heavy atom. The Kier molecular flexibility index (Phi) is 4.90. The van der Waals surface area contributed by atoms with E-state index in [0.717, 1.165) is 13.1 Å². The topological polar surface area (TPSA) is 74.5 Å². The molecule has 0 saturated carbocycles. The highest BCUT2D eigenvalue weighted by molar-refractivity contribution is 6.32. The largest absolute Gasteiger partial charge is 0.395 e. The summed E-state index contributed by atoms with van der Waals surface area (Å²) in [6.07, 6.45) is 1.60. The summed E-state index contributed by atoms with van der Waals surface area (Å²) in [6.45, 7) is 3.54. The Balaban J connectivity index is 1.69. The summed E-state index contributed by atoms with van der Waals surface area (Å²) in [7, 11) is 0. The van der Waals surface area contributed by atoms with E-state index in [1.54, 1.807) is 17.2 Å². The molecule has 2 heterocycles. The number of piperazine rings is 1. The average Bonchev–Trinajstić information content (AvgIpc) is 3.05. The van der Waals surface area contributed by atoms with Gasteiger partial charge in [0.1, 0.15) is 0 Å². The molecule has 0 bridgehead atoms. The molecule has 1 saturated heterocycles. The second-order valence-electron chi connectivity index (χ2n) is 5.36. The summed E-state index contributed by atoms with van der Waals surface area (Å²) in [5, 5.41) is 17.5. The lowest BCUT2D eigenvalue weighted by molar-refractivity contribution is 0.0609. The number of halogens is 1. The average molecular weight is 336 g/mol. The van der Waals surface area contributed by atoms with Crippen LogP contribution in [0.5, 0.6) is 0 Å². The first-order chi connectivity index (χ1) is 11.2. The lowest BCUT2D eigenvalue weighted by Crippen LogP contribution is -2.49. The molecule has 1 N–H and O–H groups in total. The summed E-state index contributed by atoms with van der Waals surface area (Å²) in [6, 6.07) is 7.27. The third-order valence-electron chi connectivity index (χ3n) is 3.89. The van der Waals surface area contributed by atoms with Crippen LogP contribution >= 0.6 is 11.6 Å². The zero-order chi connectivity index (χ0) is 16.2. The molecule has 0 spiro atoms. The van der Waals surface area contributed by atoms with Crippen molar-refractivity contribution >= 4 is 17.5 Å². The third-order valence-corrected chi connectivity index (χ3v) is 4.21. The van der Waals surface area contributed by atoms with E-state index in [1.165, 1.54) is 4.68 Å². The Labute approximate surface area is 139 Å². The van der Waals surface area contributed by atoms with Crippen LogP contribution in [0.1, 0.15) is 10.5 Å². The minimum atomic E-state index is -0.132. The summed E-state index contributed by atoms with van der Waals surface area (Å²) < 4.78 is 1.51.